The number of aliphatic imine (C=N–C) groups is 1. The van der Waals surface area contributed by atoms with Gasteiger partial charge < -0.3 is 26.0 Å². The number of nitrogens with one attached hydrogen (secondary N) is 1. The van der Waals surface area contributed by atoms with Gasteiger partial charge in [0.15, 0.2) is 11.6 Å². The monoisotopic (exact) mass is 546 g/mol. The quantitative estimate of drug-likeness (QED) is 0.124. The molecule has 204 valence electrons. The molecule has 9 nitrogen and oxygen atoms in total. The van der Waals surface area contributed by atoms with E-state index in [2.05, 4.69) is 20.4 Å². The third-order valence-corrected chi connectivity index (χ3v) is 6.98. The van der Waals surface area contributed by atoms with E-state index in [-0.39, 0.29) is 12.4 Å². The van der Waals surface area contributed by atoms with E-state index in [9.17, 15) is 10.2 Å². The number of aromatic nitrogens is 3. The van der Waals surface area contributed by atoms with Crippen LogP contribution >= 0.6 is 11.8 Å². The van der Waals surface area contributed by atoms with Crippen molar-refractivity contribution in [3.05, 3.63) is 78.1 Å². The van der Waals surface area contributed by atoms with Crippen molar-refractivity contribution >= 4 is 29.1 Å². The molecular formula is C29H34N6O3S. The van der Waals surface area contributed by atoms with Crippen molar-refractivity contribution < 1.29 is 14.9 Å². The standard InChI is InChI=1S/C29H34N6O3S/c1-18-7-6-13-32-26(18)19-15-22(27(31-4)23(16-19)38-20-8-10-21(39-5)11-9-20)28(30)33-25-12-14-35(34-25)17-24(36)29(2,3)37/h6-16,24,31,36-37H,17H2,1-5H3,(H2,30,33,34). The summed E-state index contributed by atoms with van der Waals surface area (Å²) < 4.78 is 7.86. The number of aliphatic hydroxyl groups excluding tert-OH is 1. The highest BCUT2D eigenvalue weighted by Crippen LogP contribution is 2.38. The third-order valence-electron chi connectivity index (χ3n) is 6.24. The first-order chi connectivity index (χ1) is 18.6. The Kier molecular flexibility index (Phi) is 8.59. The molecule has 2 aromatic carbocycles. The Balaban J connectivity index is 1.76. The summed E-state index contributed by atoms with van der Waals surface area (Å²) in [5.41, 5.74) is 9.24. The van der Waals surface area contributed by atoms with Crippen molar-refractivity contribution in [3.63, 3.8) is 0 Å². The molecule has 0 amide bonds. The number of aryl methyl sites for hydroxylation is 1. The molecule has 5 N–H and O–H groups in total. The van der Waals surface area contributed by atoms with Gasteiger partial charge in [-0.15, -0.1) is 11.8 Å². The molecule has 10 heteroatoms. The summed E-state index contributed by atoms with van der Waals surface area (Å²) in [7, 11) is 1.80. The Morgan fingerprint density at radius 3 is 2.59 bits per heavy atom. The summed E-state index contributed by atoms with van der Waals surface area (Å²) in [6, 6.07) is 17.3. The number of hydrogen-bond acceptors (Lipinski definition) is 8. The number of hydrogen-bond donors (Lipinski definition) is 4. The second kappa shape index (κ2) is 11.9. The molecule has 0 spiro atoms. The maximum Gasteiger partial charge on any atom is 0.175 e. The van der Waals surface area contributed by atoms with Gasteiger partial charge in [-0.2, -0.15) is 5.10 Å². The molecule has 0 saturated carbocycles. The zero-order chi connectivity index (χ0) is 28.2. The minimum atomic E-state index is -1.26. The first-order valence-electron chi connectivity index (χ1n) is 12.5. The maximum atomic E-state index is 10.2. The van der Waals surface area contributed by atoms with Crippen LogP contribution in [0.25, 0.3) is 11.3 Å². The van der Waals surface area contributed by atoms with Crippen LogP contribution in [0.1, 0.15) is 25.0 Å². The van der Waals surface area contributed by atoms with E-state index in [1.54, 1.807) is 51.1 Å². The lowest BCUT2D eigenvalue weighted by molar-refractivity contribution is -0.0566. The SMILES string of the molecule is CNc1c(Oc2ccc(SC)cc2)cc(-c2ncccc2C)cc1C(N)=Nc1ccn(CC(O)C(C)(C)O)n1. The maximum absolute atomic E-state index is 10.2. The van der Waals surface area contributed by atoms with Gasteiger partial charge in [0.2, 0.25) is 0 Å². The Bertz CT molecular complexity index is 1460. The lowest BCUT2D eigenvalue weighted by Crippen LogP contribution is -2.39. The fourth-order valence-electron chi connectivity index (χ4n) is 3.95. The first-order valence-corrected chi connectivity index (χ1v) is 13.7. The number of anilines is 1. The van der Waals surface area contributed by atoms with Crippen molar-refractivity contribution in [2.45, 2.75) is 43.9 Å². The number of aliphatic hydroxyl groups is 2. The van der Waals surface area contributed by atoms with Gasteiger partial charge in [-0.1, -0.05) is 6.07 Å². The lowest BCUT2D eigenvalue weighted by Gasteiger charge is -2.24. The molecule has 2 aromatic heterocycles. The first kappa shape index (κ1) is 28.2. The molecule has 0 radical (unpaired) electrons. The number of amidine groups is 1. The number of thioether (sulfide) groups is 1. The number of nitrogens with two attached hydrogens (primary N) is 1. The van der Waals surface area contributed by atoms with E-state index >= 15 is 0 Å². The molecule has 0 bridgehead atoms. The summed E-state index contributed by atoms with van der Waals surface area (Å²) in [5, 5.41) is 27.9. The second-order valence-electron chi connectivity index (χ2n) is 9.66. The summed E-state index contributed by atoms with van der Waals surface area (Å²) in [4.78, 5) is 10.3. The highest BCUT2D eigenvalue weighted by Gasteiger charge is 2.25. The Morgan fingerprint density at radius 2 is 1.95 bits per heavy atom. The highest BCUT2D eigenvalue weighted by atomic mass is 32.2. The zero-order valence-electron chi connectivity index (χ0n) is 22.7. The molecule has 0 aliphatic carbocycles. The van der Waals surface area contributed by atoms with Crippen LogP contribution in [0.2, 0.25) is 0 Å². The van der Waals surface area contributed by atoms with Gasteiger partial charge in [0, 0.05) is 41.5 Å². The molecule has 0 saturated heterocycles. The van der Waals surface area contributed by atoms with Crippen molar-refractivity contribution in [3.8, 4) is 22.8 Å². The Labute approximate surface area is 232 Å². The summed E-state index contributed by atoms with van der Waals surface area (Å²) in [6.07, 6.45) is 4.47. The molecular weight excluding hydrogens is 512 g/mol. The van der Waals surface area contributed by atoms with Gasteiger partial charge in [-0.3, -0.25) is 9.67 Å². The number of nitrogens with zero attached hydrogens (tertiary/aromatic N) is 4. The molecule has 4 aromatic rings. The van der Waals surface area contributed by atoms with Crippen LogP contribution in [0.5, 0.6) is 11.5 Å². The van der Waals surface area contributed by atoms with Crippen LogP contribution in [0.4, 0.5) is 11.5 Å². The number of ether oxygens (including phenoxy) is 1. The Morgan fingerprint density at radius 1 is 1.21 bits per heavy atom. The molecule has 2 heterocycles. The lowest BCUT2D eigenvalue weighted by atomic mass is 10.0. The largest absolute Gasteiger partial charge is 0.455 e. The van der Waals surface area contributed by atoms with Gasteiger partial charge in [0.25, 0.3) is 0 Å². The van der Waals surface area contributed by atoms with Crippen LogP contribution in [0, 0.1) is 6.92 Å². The normalized spacial score (nSPS) is 12.8. The number of rotatable bonds is 10. The van der Waals surface area contributed by atoms with Gasteiger partial charge in [-0.25, -0.2) is 4.99 Å². The van der Waals surface area contributed by atoms with Gasteiger partial charge in [0.05, 0.1) is 23.5 Å². The van der Waals surface area contributed by atoms with Gasteiger partial charge >= 0.3 is 0 Å². The van der Waals surface area contributed by atoms with E-state index in [0.717, 1.165) is 21.7 Å². The summed E-state index contributed by atoms with van der Waals surface area (Å²) in [5.74, 6) is 1.85. The summed E-state index contributed by atoms with van der Waals surface area (Å²) >= 11 is 1.66. The molecule has 39 heavy (non-hydrogen) atoms. The smallest absolute Gasteiger partial charge is 0.175 e. The third kappa shape index (κ3) is 6.78. The van der Waals surface area contributed by atoms with Crippen LogP contribution in [-0.2, 0) is 6.54 Å². The predicted molar refractivity (Wildman–Crippen MR) is 157 cm³/mol. The van der Waals surface area contributed by atoms with Crippen LogP contribution in [0.3, 0.4) is 0 Å². The van der Waals surface area contributed by atoms with E-state index in [0.29, 0.717) is 28.6 Å². The van der Waals surface area contributed by atoms with Crippen molar-refractivity contribution in [2.75, 3.05) is 18.6 Å². The molecule has 1 unspecified atom stereocenters. The van der Waals surface area contributed by atoms with Gasteiger partial charge in [0.1, 0.15) is 17.7 Å². The second-order valence-corrected chi connectivity index (χ2v) is 10.5. The fraction of sp³-hybridized carbons (Fsp3) is 0.276. The molecule has 4 rings (SSSR count). The minimum absolute atomic E-state index is 0.114. The average molecular weight is 547 g/mol. The number of pyridine rings is 1. The molecule has 0 fully saturated rings. The van der Waals surface area contributed by atoms with E-state index in [1.807, 2.05) is 61.7 Å². The zero-order valence-corrected chi connectivity index (χ0v) is 23.5. The molecule has 1 atom stereocenters. The number of benzene rings is 2. The molecule has 0 aliphatic rings. The fourth-order valence-corrected chi connectivity index (χ4v) is 4.36. The van der Waals surface area contributed by atoms with Gasteiger partial charge in [-0.05, 0) is 75.1 Å². The van der Waals surface area contributed by atoms with Crippen LogP contribution in [0.15, 0.2) is 76.9 Å². The highest BCUT2D eigenvalue weighted by molar-refractivity contribution is 7.98. The van der Waals surface area contributed by atoms with E-state index < -0.39 is 11.7 Å². The minimum Gasteiger partial charge on any atom is -0.455 e. The topological polar surface area (TPSA) is 131 Å². The van der Waals surface area contributed by atoms with Crippen LogP contribution < -0.4 is 15.8 Å². The molecule has 0 aliphatic heterocycles. The average Bonchev–Trinajstić information content (AvgIpc) is 3.34. The summed E-state index contributed by atoms with van der Waals surface area (Å²) in [6.45, 7) is 5.21. The van der Waals surface area contributed by atoms with Crippen molar-refractivity contribution in [1.29, 1.82) is 0 Å². The van der Waals surface area contributed by atoms with E-state index in [1.165, 1.54) is 4.68 Å². The van der Waals surface area contributed by atoms with Crippen molar-refractivity contribution in [2.24, 2.45) is 10.7 Å². The van der Waals surface area contributed by atoms with E-state index in [4.69, 9.17) is 10.5 Å². The Hall–Kier alpha value is -3.86. The van der Waals surface area contributed by atoms with Crippen LogP contribution in [-0.4, -0.2) is 55.8 Å². The predicted octanol–water partition coefficient (Wildman–Crippen LogP) is 4.98. The van der Waals surface area contributed by atoms with Crippen molar-refractivity contribution in [1.82, 2.24) is 14.8 Å².